The van der Waals surface area contributed by atoms with Gasteiger partial charge in [-0.2, -0.15) is 21.6 Å². The van der Waals surface area contributed by atoms with Crippen LogP contribution >= 0.6 is 0 Å². The van der Waals surface area contributed by atoms with Crippen molar-refractivity contribution in [2.24, 2.45) is 5.41 Å². The van der Waals surface area contributed by atoms with Gasteiger partial charge in [-0.1, -0.05) is 41.5 Å². The molecule has 1 atom stereocenters. The van der Waals surface area contributed by atoms with Crippen molar-refractivity contribution >= 4 is 22.2 Å². The van der Waals surface area contributed by atoms with Crippen molar-refractivity contribution in [3.63, 3.8) is 0 Å². The zero-order valence-corrected chi connectivity index (χ0v) is 22.3. The highest BCUT2D eigenvalue weighted by atomic mass is 32.2. The Labute approximate surface area is 214 Å². The summed E-state index contributed by atoms with van der Waals surface area (Å²) < 4.78 is 66.4. The zero-order valence-electron chi connectivity index (χ0n) is 21.5. The molecule has 1 fully saturated rings. The lowest BCUT2D eigenvalue weighted by molar-refractivity contribution is -0.0500. The van der Waals surface area contributed by atoms with Crippen LogP contribution in [0.15, 0.2) is 30.5 Å². The quantitative estimate of drug-likeness (QED) is 0.428. The van der Waals surface area contributed by atoms with E-state index in [1.54, 1.807) is 39.1 Å². The van der Waals surface area contributed by atoms with E-state index in [9.17, 15) is 31.5 Å². The maximum Gasteiger partial charge on any atom is 0.534 e. The van der Waals surface area contributed by atoms with Crippen LogP contribution in [0.1, 0.15) is 47.1 Å². The predicted octanol–water partition coefficient (Wildman–Crippen LogP) is 4.88. The van der Waals surface area contributed by atoms with Gasteiger partial charge in [-0.3, -0.25) is 0 Å². The van der Waals surface area contributed by atoms with Gasteiger partial charge in [-0.25, -0.2) is 14.8 Å². The van der Waals surface area contributed by atoms with Crippen molar-refractivity contribution in [3.05, 3.63) is 36.0 Å². The first kappa shape index (κ1) is 28.5. The second-order valence-corrected chi connectivity index (χ2v) is 12.5. The van der Waals surface area contributed by atoms with Gasteiger partial charge in [0.25, 0.3) is 0 Å². The fraction of sp³-hybridized carbons (Fsp3) is 0.542. The molecule has 1 aromatic carbocycles. The standard InChI is InChI=1S/C24H31F3N4O5S/c1-22(2,3)16-13-15(7-8-18(16)36-37(34,35)24(25,26)27)17-9-10-28-20(29-17)30-11-12-31(21(32)33)19(14-30)23(4,5)6/h7-10,13,19H,11-12,14H2,1-6H3,(H,32,33). The Balaban J connectivity index is 1.97. The summed E-state index contributed by atoms with van der Waals surface area (Å²) in [5.74, 6) is -0.0326. The Bertz CT molecular complexity index is 1270. The number of carboxylic acid groups (broad SMARTS) is 1. The SMILES string of the molecule is CC(C)(C)c1cc(-c2ccnc(N3CCN(C(=O)O)C(C(C)(C)C)C3)n2)ccc1OS(=O)(=O)C(F)(F)F. The third-order valence-corrected chi connectivity index (χ3v) is 7.08. The number of amides is 1. The highest BCUT2D eigenvalue weighted by Gasteiger charge is 2.49. The maximum absolute atomic E-state index is 12.9. The van der Waals surface area contributed by atoms with Gasteiger partial charge in [-0.15, -0.1) is 0 Å². The van der Waals surface area contributed by atoms with Crippen LogP contribution in [-0.2, 0) is 15.5 Å². The fourth-order valence-electron chi connectivity index (χ4n) is 4.11. The van der Waals surface area contributed by atoms with Crippen LogP contribution in [0, 0.1) is 5.41 Å². The maximum atomic E-state index is 12.9. The molecular weight excluding hydrogens is 513 g/mol. The van der Waals surface area contributed by atoms with E-state index < -0.39 is 32.9 Å². The molecule has 0 saturated carbocycles. The van der Waals surface area contributed by atoms with E-state index in [0.717, 1.165) is 0 Å². The smallest absolute Gasteiger partial charge is 0.465 e. The van der Waals surface area contributed by atoms with Crippen LogP contribution in [0.25, 0.3) is 11.3 Å². The van der Waals surface area contributed by atoms with Crippen molar-refractivity contribution in [1.29, 1.82) is 0 Å². The number of carbonyl (C=O) groups is 1. The molecule has 1 unspecified atom stereocenters. The Hall–Kier alpha value is -3.09. The monoisotopic (exact) mass is 544 g/mol. The van der Waals surface area contributed by atoms with Crippen molar-refractivity contribution in [2.75, 3.05) is 24.5 Å². The minimum Gasteiger partial charge on any atom is -0.465 e. The highest BCUT2D eigenvalue weighted by Crippen LogP contribution is 2.38. The molecule has 1 aliphatic heterocycles. The summed E-state index contributed by atoms with van der Waals surface area (Å²) in [7, 11) is -5.84. The first-order valence-corrected chi connectivity index (χ1v) is 13.0. The Kier molecular flexibility index (Phi) is 7.43. The lowest BCUT2D eigenvalue weighted by Crippen LogP contribution is -2.59. The number of halogens is 3. The molecule has 2 heterocycles. The Morgan fingerprint density at radius 3 is 2.27 bits per heavy atom. The number of aromatic nitrogens is 2. The van der Waals surface area contributed by atoms with Crippen molar-refractivity contribution in [2.45, 2.75) is 58.5 Å². The zero-order chi connectivity index (χ0) is 28.0. The molecule has 1 aromatic heterocycles. The Morgan fingerprint density at radius 1 is 1.08 bits per heavy atom. The van der Waals surface area contributed by atoms with E-state index in [0.29, 0.717) is 30.3 Å². The molecule has 1 N–H and O–H groups in total. The van der Waals surface area contributed by atoms with Gasteiger partial charge >= 0.3 is 21.7 Å². The van der Waals surface area contributed by atoms with E-state index in [4.69, 9.17) is 0 Å². The summed E-state index contributed by atoms with van der Waals surface area (Å²) in [6.07, 6.45) is 0.557. The van der Waals surface area contributed by atoms with Gasteiger partial charge in [0.05, 0.1) is 11.7 Å². The van der Waals surface area contributed by atoms with E-state index >= 15 is 0 Å². The first-order chi connectivity index (χ1) is 16.8. The van der Waals surface area contributed by atoms with Gasteiger partial charge < -0.3 is 19.1 Å². The summed E-state index contributed by atoms with van der Waals surface area (Å²) in [5.41, 5.74) is -5.40. The second kappa shape index (κ2) is 9.66. The third kappa shape index (κ3) is 6.25. The molecule has 3 rings (SSSR count). The normalized spacial score (nSPS) is 17.6. The van der Waals surface area contributed by atoms with Gasteiger partial charge in [0.15, 0.2) is 0 Å². The van der Waals surface area contributed by atoms with Crippen LogP contribution in [0.2, 0.25) is 0 Å². The molecule has 1 aliphatic rings. The molecule has 0 aliphatic carbocycles. The van der Waals surface area contributed by atoms with Crippen molar-refractivity contribution < 1.29 is 35.7 Å². The molecule has 37 heavy (non-hydrogen) atoms. The van der Waals surface area contributed by atoms with Crippen LogP contribution in [-0.4, -0.2) is 65.7 Å². The van der Waals surface area contributed by atoms with E-state index in [1.807, 2.05) is 25.7 Å². The fourth-order valence-corrected chi connectivity index (χ4v) is 4.59. The molecule has 204 valence electrons. The highest BCUT2D eigenvalue weighted by molar-refractivity contribution is 7.88. The Morgan fingerprint density at radius 2 is 1.73 bits per heavy atom. The summed E-state index contributed by atoms with van der Waals surface area (Å²) in [4.78, 5) is 24.1. The molecule has 13 heteroatoms. The number of nitrogens with zero attached hydrogens (tertiary/aromatic N) is 4. The molecule has 1 amide bonds. The topological polar surface area (TPSA) is 113 Å². The number of piperazine rings is 1. The van der Waals surface area contributed by atoms with Gasteiger partial charge in [0.2, 0.25) is 5.95 Å². The predicted molar refractivity (Wildman–Crippen MR) is 132 cm³/mol. The van der Waals surface area contributed by atoms with E-state index in [-0.39, 0.29) is 23.6 Å². The average Bonchev–Trinajstić information content (AvgIpc) is 2.76. The van der Waals surface area contributed by atoms with Crippen LogP contribution in [0.5, 0.6) is 5.75 Å². The minimum absolute atomic E-state index is 0.251. The summed E-state index contributed by atoms with van der Waals surface area (Å²) in [5, 5.41) is 9.62. The average molecular weight is 545 g/mol. The van der Waals surface area contributed by atoms with Crippen molar-refractivity contribution in [3.8, 4) is 17.0 Å². The van der Waals surface area contributed by atoms with Crippen LogP contribution in [0.4, 0.5) is 23.9 Å². The number of rotatable bonds is 4. The summed E-state index contributed by atoms with van der Waals surface area (Å²) >= 11 is 0. The lowest BCUT2D eigenvalue weighted by atomic mass is 9.84. The molecule has 1 saturated heterocycles. The molecule has 0 bridgehead atoms. The number of hydrogen-bond acceptors (Lipinski definition) is 7. The first-order valence-electron chi connectivity index (χ1n) is 11.5. The van der Waals surface area contributed by atoms with Crippen molar-refractivity contribution in [1.82, 2.24) is 14.9 Å². The number of alkyl halides is 3. The number of benzene rings is 1. The number of hydrogen-bond donors (Lipinski definition) is 1. The molecule has 0 radical (unpaired) electrons. The summed E-state index contributed by atoms with van der Waals surface area (Å²) in [6, 6.07) is 5.50. The largest absolute Gasteiger partial charge is 0.534 e. The molecule has 9 nitrogen and oxygen atoms in total. The number of anilines is 1. The molecule has 2 aromatic rings. The molecular formula is C24H31F3N4O5S. The van der Waals surface area contributed by atoms with Crippen LogP contribution < -0.4 is 9.08 Å². The lowest BCUT2D eigenvalue weighted by Gasteiger charge is -2.45. The van der Waals surface area contributed by atoms with Gasteiger partial charge in [0.1, 0.15) is 5.75 Å². The second-order valence-electron chi connectivity index (χ2n) is 11.0. The van der Waals surface area contributed by atoms with Gasteiger partial charge in [0, 0.05) is 37.0 Å². The third-order valence-electron chi connectivity index (χ3n) is 6.12. The van der Waals surface area contributed by atoms with Crippen LogP contribution in [0.3, 0.4) is 0 Å². The minimum atomic E-state index is -5.84. The summed E-state index contributed by atoms with van der Waals surface area (Å²) in [6.45, 7) is 12.1. The van der Waals surface area contributed by atoms with Gasteiger partial charge in [-0.05, 0) is 35.1 Å². The van der Waals surface area contributed by atoms with E-state index in [2.05, 4.69) is 14.2 Å². The molecule has 0 spiro atoms. The van der Waals surface area contributed by atoms with E-state index in [1.165, 1.54) is 17.0 Å².